The Morgan fingerprint density at radius 2 is 1.90 bits per heavy atom. The van der Waals surface area contributed by atoms with Gasteiger partial charge in [-0.3, -0.25) is 4.79 Å². The van der Waals surface area contributed by atoms with E-state index in [1.54, 1.807) is 10.9 Å². The van der Waals surface area contributed by atoms with E-state index in [0.717, 1.165) is 31.4 Å². The van der Waals surface area contributed by atoms with Gasteiger partial charge in [0.2, 0.25) is 5.91 Å². The van der Waals surface area contributed by atoms with Crippen molar-refractivity contribution in [2.75, 3.05) is 11.1 Å². The molecule has 1 amide bonds. The van der Waals surface area contributed by atoms with Gasteiger partial charge in [-0.1, -0.05) is 37.5 Å². The molecule has 1 fully saturated rings. The molecule has 0 spiro atoms. The summed E-state index contributed by atoms with van der Waals surface area (Å²) < 4.78 is 1.69. The van der Waals surface area contributed by atoms with Gasteiger partial charge in [0, 0.05) is 5.92 Å². The van der Waals surface area contributed by atoms with E-state index in [-0.39, 0.29) is 11.8 Å². The monoisotopic (exact) mass is 284 g/mol. The van der Waals surface area contributed by atoms with Crippen molar-refractivity contribution in [2.24, 2.45) is 5.92 Å². The molecule has 0 radical (unpaired) electrons. The van der Waals surface area contributed by atoms with Crippen molar-refractivity contribution in [3.8, 4) is 5.69 Å². The third kappa shape index (κ3) is 3.07. The number of nitrogen functional groups attached to an aromatic ring is 1. The quantitative estimate of drug-likeness (QED) is 0.910. The van der Waals surface area contributed by atoms with E-state index >= 15 is 0 Å². The molecule has 0 bridgehead atoms. The van der Waals surface area contributed by atoms with E-state index in [0.29, 0.717) is 11.5 Å². The SMILES string of the molecule is Nc1cn(-c2ccccc2)nc1NC(=O)C1CCCCC1. The molecule has 3 rings (SSSR count). The molecule has 5 nitrogen and oxygen atoms in total. The van der Waals surface area contributed by atoms with Crippen LogP contribution in [0.5, 0.6) is 0 Å². The van der Waals surface area contributed by atoms with Crippen LogP contribution in [-0.2, 0) is 4.79 Å². The number of hydrogen-bond donors (Lipinski definition) is 2. The number of nitrogens with two attached hydrogens (primary N) is 1. The Morgan fingerprint density at radius 3 is 2.62 bits per heavy atom. The van der Waals surface area contributed by atoms with Gasteiger partial charge in [-0.2, -0.15) is 0 Å². The van der Waals surface area contributed by atoms with Gasteiger partial charge in [0.05, 0.1) is 17.6 Å². The molecular formula is C16H20N4O. The van der Waals surface area contributed by atoms with Gasteiger partial charge in [-0.25, -0.2) is 4.68 Å². The van der Waals surface area contributed by atoms with Gasteiger partial charge in [0.25, 0.3) is 0 Å². The minimum absolute atomic E-state index is 0.0414. The molecule has 21 heavy (non-hydrogen) atoms. The number of nitrogens with zero attached hydrogens (tertiary/aromatic N) is 2. The van der Waals surface area contributed by atoms with Crippen LogP contribution < -0.4 is 11.1 Å². The summed E-state index contributed by atoms with van der Waals surface area (Å²) in [6, 6.07) is 9.71. The standard InChI is InChI=1S/C16H20N4O/c17-14-11-20(13-9-5-2-6-10-13)19-15(14)18-16(21)12-7-3-1-4-8-12/h2,5-6,9-12H,1,3-4,7-8,17H2,(H,18,19,21). The summed E-state index contributed by atoms with van der Waals surface area (Å²) in [5.74, 6) is 0.592. The first kappa shape index (κ1) is 13.7. The molecular weight excluding hydrogens is 264 g/mol. The number of hydrogen-bond acceptors (Lipinski definition) is 3. The maximum absolute atomic E-state index is 12.2. The third-order valence-electron chi connectivity index (χ3n) is 3.98. The van der Waals surface area contributed by atoms with E-state index < -0.39 is 0 Å². The second-order valence-electron chi connectivity index (χ2n) is 5.54. The van der Waals surface area contributed by atoms with Crippen molar-refractivity contribution >= 4 is 17.4 Å². The summed E-state index contributed by atoms with van der Waals surface area (Å²) in [5, 5.41) is 7.25. The van der Waals surface area contributed by atoms with E-state index in [1.807, 2.05) is 30.3 Å². The number of rotatable bonds is 3. The highest BCUT2D eigenvalue weighted by Crippen LogP contribution is 2.26. The van der Waals surface area contributed by atoms with Crippen LogP contribution in [0.1, 0.15) is 32.1 Å². The Bertz CT molecular complexity index is 614. The van der Waals surface area contributed by atoms with Crippen molar-refractivity contribution in [3.05, 3.63) is 36.5 Å². The number of aromatic nitrogens is 2. The third-order valence-corrected chi connectivity index (χ3v) is 3.98. The highest BCUT2D eigenvalue weighted by atomic mass is 16.2. The van der Waals surface area contributed by atoms with E-state index in [1.165, 1.54) is 6.42 Å². The van der Waals surface area contributed by atoms with Gasteiger partial charge < -0.3 is 11.1 Å². The van der Waals surface area contributed by atoms with Crippen LogP contribution >= 0.6 is 0 Å². The first-order chi connectivity index (χ1) is 10.2. The van der Waals surface area contributed by atoms with E-state index in [4.69, 9.17) is 5.73 Å². The summed E-state index contributed by atoms with van der Waals surface area (Å²) in [6.07, 6.45) is 7.15. The normalized spacial score (nSPS) is 15.8. The number of carbonyl (C=O) groups excluding carboxylic acids is 1. The lowest BCUT2D eigenvalue weighted by molar-refractivity contribution is -0.120. The number of benzene rings is 1. The van der Waals surface area contributed by atoms with Crippen LogP contribution in [0.4, 0.5) is 11.5 Å². The van der Waals surface area contributed by atoms with Crippen molar-refractivity contribution in [1.29, 1.82) is 0 Å². The van der Waals surface area contributed by atoms with Crippen molar-refractivity contribution in [3.63, 3.8) is 0 Å². The van der Waals surface area contributed by atoms with Gasteiger partial charge in [0.15, 0.2) is 5.82 Å². The lowest BCUT2D eigenvalue weighted by Crippen LogP contribution is -2.25. The maximum atomic E-state index is 12.2. The van der Waals surface area contributed by atoms with Crippen LogP contribution in [-0.4, -0.2) is 15.7 Å². The van der Waals surface area contributed by atoms with Crippen LogP contribution in [0.2, 0.25) is 0 Å². The molecule has 0 aliphatic heterocycles. The molecule has 5 heteroatoms. The molecule has 110 valence electrons. The highest BCUT2D eigenvalue weighted by molar-refractivity contribution is 5.94. The van der Waals surface area contributed by atoms with Crippen LogP contribution in [0.25, 0.3) is 5.69 Å². The predicted molar refractivity (Wildman–Crippen MR) is 83.2 cm³/mol. The molecule has 1 saturated carbocycles. The Balaban J connectivity index is 1.74. The smallest absolute Gasteiger partial charge is 0.228 e. The van der Waals surface area contributed by atoms with Crippen LogP contribution in [0.3, 0.4) is 0 Å². The molecule has 1 aromatic carbocycles. The molecule has 1 aliphatic rings. The Labute approximate surface area is 124 Å². The molecule has 1 heterocycles. The second-order valence-corrected chi connectivity index (χ2v) is 5.54. The van der Waals surface area contributed by atoms with Gasteiger partial charge in [0.1, 0.15) is 0 Å². The number of anilines is 2. The minimum Gasteiger partial charge on any atom is -0.394 e. The van der Waals surface area contributed by atoms with E-state index in [9.17, 15) is 4.79 Å². The van der Waals surface area contributed by atoms with Gasteiger partial charge in [-0.15, -0.1) is 5.10 Å². The highest BCUT2D eigenvalue weighted by Gasteiger charge is 2.22. The fourth-order valence-corrected chi connectivity index (χ4v) is 2.78. The maximum Gasteiger partial charge on any atom is 0.228 e. The van der Waals surface area contributed by atoms with Crippen molar-refractivity contribution in [2.45, 2.75) is 32.1 Å². The van der Waals surface area contributed by atoms with Crippen molar-refractivity contribution < 1.29 is 4.79 Å². The number of carbonyl (C=O) groups is 1. The molecule has 1 aliphatic carbocycles. The first-order valence-corrected chi connectivity index (χ1v) is 7.45. The zero-order valence-corrected chi connectivity index (χ0v) is 12.0. The van der Waals surface area contributed by atoms with Gasteiger partial charge in [-0.05, 0) is 25.0 Å². The summed E-state index contributed by atoms with van der Waals surface area (Å²) in [4.78, 5) is 12.2. The number of para-hydroxylation sites is 1. The van der Waals surface area contributed by atoms with Gasteiger partial charge >= 0.3 is 0 Å². The first-order valence-electron chi connectivity index (χ1n) is 7.45. The van der Waals surface area contributed by atoms with E-state index in [2.05, 4.69) is 10.4 Å². The molecule has 0 saturated heterocycles. The molecule has 2 aromatic rings. The summed E-state index contributed by atoms with van der Waals surface area (Å²) in [7, 11) is 0. The van der Waals surface area contributed by atoms with Crippen LogP contribution in [0, 0.1) is 5.92 Å². The topological polar surface area (TPSA) is 72.9 Å². The average Bonchev–Trinajstić information content (AvgIpc) is 2.90. The molecule has 1 aromatic heterocycles. The Hall–Kier alpha value is -2.30. The molecule has 0 atom stereocenters. The van der Waals surface area contributed by atoms with Crippen molar-refractivity contribution in [1.82, 2.24) is 9.78 Å². The zero-order chi connectivity index (χ0) is 14.7. The fourth-order valence-electron chi connectivity index (χ4n) is 2.78. The number of nitrogens with one attached hydrogen (secondary N) is 1. The predicted octanol–water partition coefficient (Wildman–Crippen LogP) is 2.97. The summed E-state index contributed by atoms with van der Waals surface area (Å²) >= 11 is 0. The number of amides is 1. The Morgan fingerprint density at radius 1 is 1.19 bits per heavy atom. The average molecular weight is 284 g/mol. The summed E-state index contributed by atoms with van der Waals surface area (Å²) in [5.41, 5.74) is 7.37. The lowest BCUT2D eigenvalue weighted by Gasteiger charge is -2.20. The minimum atomic E-state index is 0.0414. The zero-order valence-electron chi connectivity index (χ0n) is 12.0. The summed E-state index contributed by atoms with van der Waals surface area (Å²) in [6.45, 7) is 0. The molecule has 0 unspecified atom stereocenters. The lowest BCUT2D eigenvalue weighted by atomic mass is 9.89. The molecule has 3 N–H and O–H groups in total. The second kappa shape index (κ2) is 5.99. The fraction of sp³-hybridized carbons (Fsp3) is 0.375. The largest absolute Gasteiger partial charge is 0.394 e. The Kier molecular flexibility index (Phi) is 3.90. The van der Waals surface area contributed by atoms with Crippen LogP contribution in [0.15, 0.2) is 36.5 Å².